The summed E-state index contributed by atoms with van der Waals surface area (Å²) in [5, 5.41) is 4.17. The van der Waals surface area contributed by atoms with Gasteiger partial charge in [-0.1, -0.05) is 37.3 Å². The van der Waals surface area contributed by atoms with E-state index in [9.17, 15) is 0 Å². The average Bonchev–Trinajstić information content (AvgIpc) is 2.69. The first-order valence-electron chi connectivity index (χ1n) is 7.42. The van der Waals surface area contributed by atoms with Gasteiger partial charge in [0.1, 0.15) is 0 Å². The largest absolute Gasteiger partial charge is 0.339 e. The first kappa shape index (κ1) is 13.5. The molecule has 1 aromatic heterocycles. The third kappa shape index (κ3) is 4.09. The van der Waals surface area contributed by atoms with E-state index in [1.807, 2.05) is 0 Å². The highest BCUT2D eigenvalue weighted by Crippen LogP contribution is 2.29. The smallest absolute Gasteiger partial charge is 0.226 e. The lowest BCUT2D eigenvalue weighted by Gasteiger charge is -2.07. The Labute approximate surface area is 109 Å². The molecule has 2 rings (SSSR count). The van der Waals surface area contributed by atoms with Crippen molar-refractivity contribution >= 4 is 0 Å². The molecule has 0 bridgehead atoms. The van der Waals surface area contributed by atoms with Gasteiger partial charge < -0.3 is 10.3 Å². The standard InChI is InChI=1S/C14H25N3O/c15-11-7-3-6-10-13-16-14(17-18-13)12-8-4-1-2-5-9-12/h12H,1-11,15H2. The van der Waals surface area contributed by atoms with Crippen LogP contribution < -0.4 is 5.73 Å². The number of rotatable bonds is 6. The second kappa shape index (κ2) is 7.52. The molecule has 0 atom stereocenters. The molecule has 1 aliphatic rings. The molecular formula is C14H25N3O. The Morgan fingerprint density at radius 2 is 1.83 bits per heavy atom. The van der Waals surface area contributed by atoms with Gasteiger partial charge in [-0.2, -0.15) is 4.98 Å². The number of aryl methyl sites for hydroxylation is 1. The van der Waals surface area contributed by atoms with E-state index in [-0.39, 0.29) is 0 Å². The Bertz CT molecular complexity index is 330. The monoisotopic (exact) mass is 251 g/mol. The predicted molar refractivity (Wildman–Crippen MR) is 71.4 cm³/mol. The molecule has 0 spiro atoms. The molecule has 1 heterocycles. The molecule has 0 aromatic carbocycles. The maximum absolute atomic E-state index is 5.47. The van der Waals surface area contributed by atoms with E-state index in [4.69, 9.17) is 10.3 Å². The van der Waals surface area contributed by atoms with Crippen molar-refractivity contribution in [2.75, 3.05) is 6.54 Å². The van der Waals surface area contributed by atoms with E-state index in [0.29, 0.717) is 5.92 Å². The van der Waals surface area contributed by atoms with Gasteiger partial charge in [-0.25, -0.2) is 0 Å². The number of unbranched alkanes of at least 4 members (excludes halogenated alkanes) is 2. The predicted octanol–water partition coefficient (Wildman–Crippen LogP) is 3.18. The zero-order valence-corrected chi connectivity index (χ0v) is 11.2. The third-order valence-corrected chi connectivity index (χ3v) is 3.80. The first-order valence-corrected chi connectivity index (χ1v) is 7.42. The van der Waals surface area contributed by atoms with Crippen molar-refractivity contribution in [2.24, 2.45) is 5.73 Å². The highest BCUT2D eigenvalue weighted by molar-refractivity contribution is 4.96. The molecule has 0 unspecified atom stereocenters. The van der Waals surface area contributed by atoms with E-state index < -0.39 is 0 Å². The summed E-state index contributed by atoms with van der Waals surface area (Å²) in [5.41, 5.74) is 5.47. The van der Waals surface area contributed by atoms with Gasteiger partial charge in [0.2, 0.25) is 5.89 Å². The van der Waals surface area contributed by atoms with Gasteiger partial charge in [0.25, 0.3) is 0 Å². The quantitative estimate of drug-likeness (QED) is 0.623. The summed E-state index contributed by atoms with van der Waals surface area (Å²) < 4.78 is 5.35. The summed E-state index contributed by atoms with van der Waals surface area (Å²) in [6.07, 6.45) is 12.0. The molecule has 1 aromatic rings. The molecule has 0 radical (unpaired) electrons. The van der Waals surface area contributed by atoms with Crippen molar-refractivity contribution in [3.05, 3.63) is 11.7 Å². The van der Waals surface area contributed by atoms with Gasteiger partial charge in [0.05, 0.1) is 0 Å². The van der Waals surface area contributed by atoms with Crippen LogP contribution in [0.1, 0.15) is 75.4 Å². The molecule has 18 heavy (non-hydrogen) atoms. The Balaban J connectivity index is 1.81. The van der Waals surface area contributed by atoms with Gasteiger partial charge in [-0.05, 0) is 32.2 Å². The topological polar surface area (TPSA) is 64.9 Å². The molecule has 102 valence electrons. The van der Waals surface area contributed by atoms with Crippen molar-refractivity contribution < 1.29 is 4.52 Å². The number of hydrogen-bond acceptors (Lipinski definition) is 4. The maximum Gasteiger partial charge on any atom is 0.226 e. The van der Waals surface area contributed by atoms with Crippen molar-refractivity contribution in [1.82, 2.24) is 10.1 Å². The number of aromatic nitrogens is 2. The molecule has 4 nitrogen and oxygen atoms in total. The number of nitrogens with zero attached hydrogens (tertiary/aromatic N) is 2. The second-order valence-corrected chi connectivity index (χ2v) is 5.33. The summed E-state index contributed by atoms with van der Waals surface area (Å²) in [5.74, 6) is 2.30. The van der Waals surface area contributed by atoms with Crippen LogP contribution in [0.15, 0.2) is 4.52 Å². The fourth-order valence-electron chi connectivity index (χ4n) is 2.67. The molecule has 0 saturated heterocycles. The average molecular weight is 251 g/mol. The highest BCUT2D eigenvalue weighted by atomic mass is 16.5. The summed E-state index contributed by atoms with van der Waals surface area (Å²) in [4.78, 5) is 4.56. The van der Waals surface area contributed by atoms with E-state index in [2.05, 4.69) is 10.1 Å². The van der Waals surface area contributed by atoms with Crippen LogP contribution in [0.25, 0.3) is 0 Å². The summed E-state index contributed by atoms with van der Waals surface area (Å²) in [6.45, 7) is 0.775. The third-order valence-electron chi connectivity index (χ3n) is 3.80. The van der Waals surface area contributed by atoms with Crippen molar-refractivity contribution in [3.8, 4) is 0 Å². The Hall–Kier alpha value is -0.900. The molecule has 1 saturated carbocycles. The Morgan fingerprint density at radius 3 is 2.56 bits per heavy atom. The van der Waals surface area contributed by atoms with Gasteiger partial charge in [-0.15, -0.1) is 0 Å². The lowest BCUT2D eigenvalue weighted by atomic mass is 10.00. The van der Waals surface area contributed by atoms with Crippen LogP contribution in [0.4, 0.5) is 0 Å². The zero-order chi connectivity index (χ0) is 12.6. The van der Waals surface area contributed by atoms with Crippen LogP contribution in [0.5, 0.6) is 0 Å². The second-order valence-electron chi connectivity index (χ2n) is 5.33. The van der Waals surface area contributed by atoms with Crippen LogP contribution in [-0.4, -0.2) is 16.7 Å². The van der Waals surface area contributed by atoms with E-state index in [1.54, 1.807) is 0 Å². The van der Waals surface area contributed by atoms with E-state index in [1.165, 1.54) is 38.5 Å². The summed E-state index contributed by atoms with van der Waals surface area (Å²) in [7, 11) is 0. The number of nitrogens with two attached hydrogens (primary N) is 1. The van der Waals surface area contributed by atoms with Crippen molar-refractivity contribution in [1.29, 1.82) is 0 Å². The van der Waals surface area contributed by atoms with Crippen LogP contribution in [-0.2, 0) is 6.42 Å². The first-order chi connectivity index (χ1) is 8.90. The van der Waals surface area contributed by atoms with Crippen LogP contribution in [0.2, 0.25) is 0 Å². The number of hydrogen-bond donors (Lipinski definition) is 1. The molecule has 1 fully saturated rings. The van der Waals surface area contributed by atoms with Crippen molar-refractivity contribution in [2.45, 2.75) is 70.1 Å². The zero-order valence-electron chi connectivity index (χ0n) is 11.2. The fraction of sp³-hybridized carbons (Fsp3) is 0.857. The van der Waals surface area contributed by atoms with Gasteiger partial charge in [0, 0.05) is 12.3 Å². The lowest BCUT2D eigenvalue weighted by Crippen LogP contribution is -2.00. The molecule has 0 aliphatic heterocycles. The van der Waals surface area contributed by atoms with Gasteiger partial charge >= 0.3 is 0 Å². The lowest BCUT2D eigenvalue weighted by molar-refractivity contribution is 0.363. The highest BCUT2D eigenvalue weighted by Gasteiger charge is 2.19. The summed E-state index contributed by atoms with van der Waals surface area (Å²) >= 11 is 0. The molecule has 4 heteroatoms. The van der Waals surface area contributed by atoms with Crippen molar-refractivity contribution in [3.63, 3.8) is 0 Å². The van der Waals surface area contributed by atoms with Crippen LogP contribution in [0.3, 0.4) is 0 Å². The minimum atomic E-state index is 0.536. The van der Waals surface area contributed by atoms with E-state index >= 15 is 0 Å². The Kier molecular flexibility index (Phi) is 5.65. The fourth-order valence-corrected chi connectivity index (χ4v) is 2.67. The summed E-state index contributed by atoms with van der Waals surface area (Å²) in [6, 6.07) is 0. The minimum absolute atomic E-state index is 0.536. The molecular weight excluding hydrogens is 226 g/mol. The van der Waals surface area contributed by atoms with E-state index in [0.717, 1.165) is 43.9 Å². The Morgan fingerprint density at radius 1 is 1.06 bits per heavy atom. The minimum Gasteiger partial charge on any atom is -0.339 e. The van der Waals surface area contributed by atoms with Gasteiger partial charge in [0.15, 0.2) is 5.82 Å². The SMILES string of the molecule is NCCCCCc1nc(C2CCCCCC2)no1. The van der Waals surface area contributed by atoms with Crippen LogP contribution >= 0.6 is 0 Å². The maximum atomic E-state index is 5.47. The molecule has 2 N–H and O–H groups in total. The molecule has 1 aliphatic carbocycles. The normalized spacial score (nSPS) is 17.8. The van der Waals surface area contributed by atoms with Crippen LogP contribution in [0, 0.1) is 0 Å². The van der Waals surface area contributed by atoms with Gasteiger partial charge in [-0.3, -0.25) is 0 Å². The molecule has 0 amide bonds.